The van der Waals surface area contributed by atoms with Gasteiger partial charge in [-0.1, -0.05) is 51.1 Å². The third-order valence-corrected chi connectivity index (χ3v) is 3.69. The quantitative estimate of drug-likeness (QED) is 0.663. The van der Waals surface area contributed by atoms with Crippen LogP contribution in [0.5, 0.6) is 0 Å². The average molecular weight is 318 g/mol. The molecule has 3 amide bonds. The van der Waals surface area contributed by atoms with Crippen LogP contribution in [0.25, 0.3) is 0 Å². The molecule has 2 rings (SSSR count). The number of amides is 3. The fourth-order valence-corrected chi connectivity index (χ4v) is 2.32. The number of esters is 1. The molecule has 0 saturated carbocycles. The molecule has 124 valence electrons. The predicted octanol–water partition coefficient (Wildman–Crippen LogP) is 1.74. The fraction of sp³-hybridized carbons (Fsp3) is 0.471. The number of benzene rings is 1. The molecular weight excluding hydrogens is 296 g/mol. The number of nitrogens with one attached hydrogen (secondary N) is 1. The topological polar surface area (TPSA) is 75.7 Å². The van der Waals surface area contributed by atoms with E-state index < -0.39 is 17.9 Å². The third kappa shape index (κ3) is 4.81. The van der Waals surface area contributed by atoms with Crippen LogP contribution in [0.4, 0.5) is 4.79 Å². The Balaban J connectivity index is 1.99. The lowest BCUT2D eigenvalue weighted by Gasteiger charge is -2.31. The van der Waals surface area contributed by atoms with E-state index in [0.717, 1.165) is 10.5 Å². The van der Waals surface area contributed by atoms with Crippen molar-refractivity contribution in [1.82, 2.24) is 10.2 Å². The minimum Gasteiger partial charge on any atom is -0.460 e. The summed E-state index contributed by atoms with van der Waals surface area (Å²) in [5.74, 6) is -0.912. The zero-order valence-corrected chi connectivity index (χ0v) is 13.7. The summed E-state index contributed by atoms with van der Waals surface area (Å²) < 4.78 is 5.59. The van der Waals surface area contributed by atoms with Gasteiger partial charge in [-0.3, -0.25) is 14.9 Å². The molecule has 1 aliphatic heterocycles. The molecule has 1 aliphatic rings. The summed E-state index contributed by atoms with van der Waals surface area (Å²) in [4.78, 5) is 35.9. The molecular formula is C17H22N2O4. The number of hydrogen-bond acceptors (Lipinski definition) is 4. The first-order chi connectivity index (χ1) is 10.8. The average Bonchev–Trinajstić information content (AvgIpc) is 2.76. The van der Waals surface area contributed by atoms with Gasteiger partial charge in [0, 0.05) is 6.42 Å². The molecule has 0 aromatic heterocycles. The number of urea groups is 1. The summed E-state index contributed by atoms with van der Waals surface area (Å²) in [6, 6.07) is 9.24. The van der Waals surface area contributed by atoms with Crippen LogP contribution in [0, 0.1) is 5.41 Å². The van der Waals surface area contributed by atoms with Crippen molar-refractivity contribution in [2.45, 2.75) is 33.3 Å². The fourth-order valence-electron chi connectivity index (χ4n) is 2.32. The highest BCUT2D eigenvalue weighted by Gasteiger charge is 2.32. The zero-order valence-electron chi connectivity index (χ0n) is 13.7. The summed E-state index contributed by atoms with van der Waals surface area (Å²) in [6.45, 7) is 5.67. The third-order valence-electron chi connectivity index (χ3n) is 3.69. The molecule has 6 heteroatoms. The molecule has 0 spiro atoms. The number of rotatable bonds is 5. The van der Waals surface area contributed by atoms with Gasteiger partial charge in [0.25, 0.3) is 0 Å². The highest BCUT2D eigenvalue weighted by molar-refractivity contribution is 6.03. The highest BCUT2D eigenvalue weighted by Crippen LogP contribution is 2.26. The van der Waals surface area contributed by atoms with Crippen molar-refractivity contribution in [2.75, 3.05) is 13.1 Å². The first-order valence-electron chi connectivity index (χ1n) is 7.58. The Bertz CT molecular complexity index is 592. The maximum absolute atomic E-state index is 12.1. The summed E-state index contributed by atoms with van der Waals surface area (Å²) in [5, 5.41) is 2.14. The Kier molecular flexibility index (Phi) is 5.03. The lowest BCUT2D eigenvalue weighted by molar-refractivity contribution is -0.155. The van der Waals surface area contributed by atoms with Gasteiger partial charge in [0.15, 0.2) is 0 Å². The Morgan fingerprint density at radius 3 is 2.43 bits per heavy atom. The second-order valence-electron chi connectivity index (χ2n) is 6.74. The molecule has 0 aliphatic carbocycles. The number of hydrogen-bond donors (Lipinski definition) is 1. The van der Waals surface area contributed by atoms with E-state index in [2.05, 4.69) is 5.32 Å². The van der Waals surface area contributed by atoms with E-state index in [4.69, 9.17) is 4.74 Å². The van der Waals surface area contributed by atoms with E-state index in [9.17, 15) is 14.4 Å². The van der Waals surface area contributed by atoms with Crippen LogP contribution < -0.4 is 5.32 Å². The van der Waals surface area contributed by atoms with Gasteiger partial charge in [-0.25, -0.2) is 4.79 Å². The molecule has 1 N–H and O–H groups in total. The SMILES string of the molecule is CC(C)(C)[C@H](Cc1ccccc1)OC(=O)CN1CC(=O)NC1=O. The van der Waals surface area contributed by atoms with Crippen molar-refractivity contribution in [2.24, 2.45) is 5.41 Å². The van der Waals surface area contributed by atoms with Crippen molar-refractivity contribution in [1.29, 1.82) is 0 Å². The Hall–Kier alpha value is -2.37. The number of imide groups is 1. The van der Waals surface area contributed by atoms with Gasteiger partial charge in [-0.05, 0) is 11.0 Å². The van der Waals surface area contributed by atoms with Gasteiger partial charge < -0.3 is 9.64 Å². The molecule has 1 atom stereocenters. The van der Waals surface area contributed by atoms with Crippen molar-refractivity contribution >= 4 is 17.9 Å². The van der Waals surface area contributed by atoms with Gasteiger partial charge in [-0.15, -0.1) is 0 Å². The number of carbonyl (C=O) groups excluding carboxylic acids is 3. The predicted molar refractivity (Wildman–Crippen MR) is 84.6 cm³/mol. The van der Waals surface area contributed by atoms with Crippen LogP contribution in [0.15, 0.2) is 30.3 Å². The van der Waals surface area contributed by atoms with Gasteiger partial charge in [-0.2, -0.15) is 0 Å². The minimum absolute atomic E-state index is 0.104. The van der Waals surface area contributed by atoms with E-state index in [0.29, 0.717) is 6.42 Å². The van der Waals surface area contributed by atoms with E-state index in [1.54, 1.807) is 0 Å². The van der Waals surface area contributed by atoms with Crippen LogP contribution in [-0.2, 0) is 20.7 Å². The van der Waals surface area contributed by atoms with Gasteiger partial charge in [0.2, 0.25) is 5.91 Å². The monoisotopic (exact) mass is 318 g/mol. The first-order valence-corrected chi connectivity index (χ1v) is 7.58. The Morgan fingerprint density at radius 2 is 1.91 bits per heavy atom. The molecule has 0 unspecified atom stereocenters. The number of nitrogens with zero attached hydrogens (tertiary/aromatic N) is 1. The lowest BCUT2D eigenvalue weighted by Crippen LogP contribution is -2.39. The highest BCUT2D eigenvalue weighted by atomic mass is 16.5. The van der Waals surface area contributed by atoms with Crippen molar-refractivity contribution in [3.05, 3.63) is 35.9 Å². The first kappa shape index (κ1) is 17.0. The maximum atomic E-state index is 12.1. The van der Waals surface area contributed by atoms with E-state index in [-0.39, 0.29) is 24.6 Å². The summed E-state index contributed by atoms with van der Waals surface area (Å²) in [5.41, 5.74) is 0.837. The Morgan fingerprint density at radius 1 is 1.26 bits per heavy atom. The van der Waals surface area contributed by atoms with Crippen molar-refractivity contribution in [3.8, 4) is 0 Å². The molecule has 0 radical (unpaired) electrons. The molecule has 1 saturated heterocycles. The normalized spacial score (nSPS) is 16.2. The molecule has 1 fully saturated rings. The molecule has 0 bridgehead atoms. The molecule has 23 heavy (non-hydrogen) atoms. The smallest absolute Gasteiger partial charge is 0.326 e. The van der Waals surface area contributed by atoms with Crippen molar-refractivity contribution in [3.63, 3.8) is 0 Å². The van der Waals surface area contributed by atoms with E-state index in [1.165, 1.54) is 0 Å². The molecule has 1 aromatic carbocycles. The van der Waals surface area contributed by atoms with Crippen LogP contribution >= 0.6 is 0 Å². The van der Waals surface area contributed by atoms with Crippen LogP contribution in [-0.4, -0.2) is 42.0 Å². The zero-order chi connectivity index (χ0) is 17.0. The van der Waals surface area contributed by atoms with Crippen LogP contribution in [0.1, 0.15) is 26.3 Å². The number of ether oxygens (including phenoxy) is 1. The van der Waals surface area contributed by atoms with E-state index >= 15 is 0 Å². The number of carbonyl (C=O) groups is 3. The van der Waals surface area contributed by atoms with Gasteiger partial charge in [0.05, 0.1) is 0 Å². The lowest BCUT2D eigenvalue weighted by atomic mass is 9.85. The second-order valence-corrected chi connectivity index (χ2v) is 6.74. The second kappa shape index (κ2) is 6.81. The largest absolute Gasteiger partial charge is 0.460 e. The summed E-state index contributed by atoms with van der Waals surface area (Å²) in [7, 11) is 0. The van der Waals surface area contributed by atoms with E-state index in [1.807, 2.05) is 51.1 Å². The standard InChI is InChI=1S/C17H22N2O4/c1-17(2,3)13(9-12-7-5-4-6-8-12)23-15(21)11-19-10-14(20)18-16(19)22/h4-8,13H,9-11H2,1-3H3,(H,18,20,22)/t13-/m0/s1. The molecule has 1 aromatic rings. The van der Waals surface area contributed by atoms with Crippen LogP contribution in [0.3, 0.4) is 0 Å². The van der Waals surface area contributed by atoms with Crippen LogP contribution in [0.2, 0.25) is 0 Å². The summed E-state index contributed by atoms with van der Waals surface area (Å²) >= 11 is 0. The maximum Gasteiger partial charge on any atom is 0.326 e. The molecule has 6 nitrogen and oxygen atoms in total. The Labute approximate surface area is 135 Å². The van der Waals surface area contributed by atoms with Gasteiger partial charge >= 0.3 is 12.0 Å². The minimum atomic E-state index is -0.553. The van der Waals surface area contributed by atoms with Crippen molar-refractivity contribution < 1.29 is 19.1 Å². The van der Waals surface area contributed by atoms with Gasteiger partial charge in [0.1, 0.15) is 19.2 Å². The molecule has 1 heterocycles. The summed E-state index contributed by atoms with van der Waals surface area (Å²) in [6.07, 6.45) is 0.278.